The van der Waals surface area contributed by atoms with E-state index in [0.717, 1.165) is 5.56 Å². The van der Waals surface area contributed by atoms with Crippen LogP contribution < -0.4 is 0 Å². The largest absolute Gasteiger partial charge is 0.299 e. The van der Waals surface area contributed by atoms with Crippen LogP contribution in [0.4, 0.5) is 0 Å². The van der Waals surface area contributed by atoms with E-state index in [4.69, 9.17) is 11.6 Å². The minimum atomic E-state index is 0.475. The van der Waals surface area contributed by atoms with Crippen LogP contribution in [-0.2, 0) is 4.79 Å². The summed E-state index contributed by atoms with van der Waals surface area (Å²) in [5, 5.41) is 0.475. The third-order valence-corrected chi connectivity index (χ3v) is 2.67. The molecule has 0 amide bonds. The standard InChI is InChI=1S/C10H9ClOS/c1-13-9-4-2-8(3-5-9)10(11)6-7-12/h2-7H,1H3/b10-6-. The summed E-state index contributed by atoms with van der Waals surface area (Å²) in [6.07, 6.45) is 4.04. The fourth-order valence-corrected chi connectivity index (χ4v) is 1.49. The molecule has 1 aromatic rings. The van der Waals surface area contributed by atoms with Gasteiger partial charge in [0, 0.05) is 4.90 Å². The summed E-state index contributed by atoms with van der Waals surface area (Å²) in [5.41, 5.74) is 0.867. The minimum Gasteiger partial charge on any atom is -0.299 e. The van der Waals surface area contributed by atoms with Gasteiger partial charge >= 0.3 is 0 Å². The summed E-state index contributed by atoms with van der Waals surface area (Å²) >= 11 is 7.50. The van der Waals surface area contributed by atoms with Gasteiger partial charge in [0.05, 0.1) is 5.03 Å². The molecule has 0 saturated heterocycles. The van der Waals surface area contributed by atoms with Crippen molar-refractivity contribution < 1.29 is 4.79 Å². The average Bonchev–Trinajstić information content (AvgIpc) is 2.18. The number of halogens is 1. The molecule has 3 heteroatoms. The third-order valence-electron chi connectivity index (χ3n) is 1.58. The molecule has 68 valence electrons. The van der Waals surface area contributed by atoms with Crippen molar-refractivity contribution in [1.82, 2.24) is 0 Å². The maximum absolute atomic E-state index is 10.1. The molecule has 0 atom stereocenters. The Morgan fingerprint density at radius 3 is 2.46 bits per heavy atom. The van der Waals surface area contributed by atoms with Crippen LogP contribution in [0.15, 0.2) is 35.2 Å². The van der Waals surface area contributed by atoms with Crippen molar-refractivity contribution in [3.63, 3.8) is 0 Å². The summed E-state index contributed by atoms with van der Waals surface area (Å²) < 4.78 is 0. The zero-order valence-electron chi connectivity index (χ0n) is 7.16. The molecule has 0 aliphatic rings. The first kappa shape index (κ1) is 10.4. The second-order valence-corrected chi connectivity index (χ2v) is 3.67. The van der Waals surface area contributed by atoms with E-state index in [-0.39, 0.29) is 0 Å². The number of thioether (sulfide) groups is 1. The lowest BCUT2D eigenvalue weighted by atomic mass is 10.2. The molecule has 0 radical (unpaired) electrons. The molecule has 0 aliphatic heterocycles. The summed E-state index contributed by atoms with van der Waals surface area (Å²) in [6.45, 7) is 0. The molecule has 0 aliphatic carbocycles. The molecule has 0 aromatic heterocycles. The van der Waals surface area contributed by atoms with Crippen molar-refractivity contribution in [3.8, 4) is 0 Å². The number of rotatable bonds is 3. The van der Waals surface area contributed by atoms with Crippen LogP contribution in [-0.4, -0.2) is 12.5 Å². The summed E-state index contributed by atoms with van der Waals surface area (Å²) in [7, 11) is 0. The van der Waals surface area contributed by atoms with Gasteiger partial charge in [0.2, 0.25) is 0 Å². The Hall–Kier alpha value is -0.730. The Bertz CT molecular complexity index is 316. The van der Waals surface area contributed by atoms with Gasteiger partial charge in [-0.15, -0.1) is 11.8 Å². The molecule has 0 fully saturated rings. The Balaban J connectivity index is 2.91. The topological polar surface area (TPSA) is 17.1 Å². The fourth-order valence-electron chi connectivity index (χ4n) is 0.906. The van der Waals surface area contributed by atoms with Gasteiger partial charge in [-0.2, -0.15) is 0 Å². The van der Waals surface area contributed by atoms with Crippen LogP contribution in [0.25, 0.3) is 5.03 Å². The SMILES string of the molecule is CSc1ccc(/C(Cl)=C/C=O)cc1. The first-order chi connectivity index (χ1) is 6.27. The van der Waals surface area contributed by atoms with Crippen LogP contribution in [0.1, 0.15) is 5.56 Å². The molecule has 1 aromatic carbocycles. The molecule has 0 heterocycles. The Morgan fingerprint density at radius 1 is 1.38 bits per heavy atom. The fraction of sp³-hybridized carbons (Fsp3) is 0.100. The van der Waals surface area contributed by atoms with Gasteiger partial charge in [0.15, 0.2) is 0 Å². The predicted molar refractivity (Wildman–Crippen MR) is 58.1 cm³/mol. The van der Waals surface area contributed by atoms with Crippen molar-refractivity contribution in [3.05, 3.63) is 35.9 Å². The van der Waals surface area contributed by atoms with Crippen molar-refractivity contribution in [2.45, 2.75) is 4.90 Å². The second-order valence-electron chi connectivity index (χ2n) is 2.38. The zero-order valence-corrected chi connectivity index (χ0v) is 8.73. The summed E-state index contributed by atoms with van der Waals surface area (Å²) in [6, 6.07) is 7.74. The van der Waals surface area contributed by atoms with E-state index < -0.39 is 0 Å². The van der Waals surface area contributed by atoms with Gasteiger partial charge in [0.25, 0.3) is 0 Å². The maximum Gasteiger partial charge on any atom is 0.144 e. The molecule has 0 saturated carbocycles. The van der Waals surface area contributed by atoms with E-state index in [2.05, 4.69) is 0 Å². The third kappa shape index (κ3) is 2.90. The minimum absolute atomic E-state index is 0.475. The van der Waals surface area contributed by atoms with Crippen molar-refractivity contribution in [2.75, 3.05) is 6.26 Å². The first-order valence-electron chi connectivity index (χ1n) is 3.73. The molecule has 1 rings (SSSR count). The van der Waals surface area contributed by atoms with Crippen molar-refractivity contribution in [2.24, 2.45) is 0 Å². The lowest BCUT2D eigenvalue weighted by Crippen LogP contribution is -1.77. The van der Waals surface area contributed by atoms with Gasteiger partial charge in [-0.25, -0.2) is 0 Å². The molecule has 0 N–H and O–H groups in total. The highest BCUT2D eigenvalue weighted by molar-refractivity contribution is 7.98. The summed E-state index contributed by atoms with van der Waals surface area (Å²) in [4.78, 5) is 11.3. The Kier molecular flexibility index (Phi) is 4.06. The first-order valence-corrected chi connectivity index (χ1v) is 5.33. The van der Waals surface area contributed by atoms with E-state index in [0.29, 0.717) is 11.3 Å². The monoisotopic (exact) mass is 212 g/mol. The zero-order chi connectivity index (χ0) is 9.68. The van der Waals surface area contributed by atoms with E-state index in [1.54, 1.807) is 11.8 Å². The quantitative estimate of drug-likeness (QED) is 0.435. The number of benzene rings is 1. The molecule has 0 bridgehead atoms. The normalized spacial score (nSPS) is 11.4. The van der Waals surface area contributed by atoms with E-state index in [1.807, 2.05) is 30.5 Å². The van der Waals surface area contributed by atoms with Gasteiger partial charge in [0.1, 0.15) is 6.29 Å². The number of carbonyl (C=O) groups is 1. The Labute approximate surface area is 86.8 Å². The lowest BCUT2D eigenvalue weighted by Gasteiger charge is -1.99. The highest BCUT2D eigenvalue weighted by Crippen LogP contribution is 2.21. The van der Waals surface area contributed by atoms with E-state index in [9.17, 15) is 4.79 Å². The molecule has 0 spiro atoms. The van der Waals surface area contributed by atoms with Crippen LogP contribution in [0.5, 0.6) is 0 Å². The highest BCUT2D eigenvalue weighted by Gasteiger charge is 1.96. The van der Waals surface area contributed by atoms with Crippen LogP contribution >= 0.6 is 23.4 Å². The average molecular weight is 213 g/mol. The number of carbonyl (C=O) groups excluding carboxylic acids is 1. The van der Waals surface area contributed by atoms with Crippen LogP contribution in [0, 0.1) is 0 Å². The number of hydrogen-bond acceptors (Lipinski definition) is 2. The number of allylic oxidation sites excluding steroid dienone is 1. The Morgan fingerprint density at radius 2 is 2.00 bits per heavy atom. The van der Waals surface area contributed by atoms with E-state index in [1.165, 1.54) is 11.0 Å². The molecule has 13 heavy (non-hydrogen) atoms. The number of hydrogen-bond donors (Lipinski definition) is 0. The predicted octanol–water partition coefficient (Wildman–Crippen LogP) is 3.19. The van der Waals surface area contributed by atoms with Crippen LogP contribution in [0.2, 0.25) is 0 Å². The number of aldehydes is 1. The molecular weight excluding hydrogens is 204 g/mol. The van der Waals surface area contributed by atoms with Crippen molar-refractivity contribution in [1.29, 1.82) is 0 Å². The molecule has 0 unspecified atom stereocenters. The van der Waals surface area contributed by atoms with Gasteiger partial charge in [-0.1, -0.05) is 23.7 Å². The molecular formula is C10H9ClOS. The lowest BCUT2D eigenvalue weighted by molar-refractivity contribution is -0.104. The van der Waals surface area contributed by atoms with E-state index >= 15 is 0 Å². The van der Waals surface area contributed by atoms with Crippen molar-refractivity contribution >= 4 is 34.7 Å². The maximum atomic E-state index is 10.1. The van der Waals surface area contributed by atoms with Gasteiger partial charge in [-0.3, -0.25) is 4.79 Å². The summed E-state index contributed by atoms with van der Waals surface area (Å²) in [5.74, 6) is 0. The van der Waals surface area contributed by atoms with Crippen LogP contribution in [0.3, 0.4) is 0 Å². The smallest absolute Gasteiger partial charge is 0.144 e. The molecule has 1 nitrogen and oxygen atoms in total. The van der Waals surface area contributed by atoms with Gasteiger partial charge < -0.3 is 0 Å². The highest BCUT2D eigenvalue weighted by atomic mass is 35.5. The van der Waals surface area contributed by atoms with Gasteiger partial charge in [-0.05, 0) is 30.0 Å². The second kappa shape index (κ2) is 5.10.